The van der Waals surface area contributed by atoms with Crippen LogP contribution in [0.15, 0.2) is 18.3 Å². The summed E-state index contributed by atoms with van der Waals surface area (Å²) in [4.78, 5) is 29.6. The Kier molecular flexibility index (Phi) is 4.55. The molecule has 0 saturated carbocycles. The number of hydrogen-bond donors (Lipinski definition) is 0. The Labute approximate surface area is 117 Å². The highest BCUT2D eigenvalue weighted by molar-refractivity contribution is 5.94. The van der Waals surface area contributed by atoms with Crippen molar-refractivity contribution in [2.75, 3.05) is 32.2 Å². The fourth-order valence-corrected chi connectivity index (χ4v) is 2.45. The van der Waals surface area contributed by atoms with Crippen molar-refractivity contribution in [2.24, 2.45) is 5.92 Å². The zero-order chi connectivity index (χ0) is 14.5. The molecule has 108 valence electrons. The van der Waals surface area contributed by atoms with Crippen LogP contribution in [0.2, 0.25) is 0 Å². The standard InChI is InChI=1S/C14H18N2O4/c1-19-13(17)10-5-4-8-16(9-10)12-11(14(18)20-2)6-3-7-15-12/h3,6-7,10H,4-5,8-9H2,1-2H3. The largest absolute Gasteiger partial charge is 0.469 e. The zero-order valence-electron chi connectivity index (χ0n) is 11.7. The fraction of sp³-hybridized carbons (Fsp3) is 0.500. The molecule has 0 aliphatic carbocycles. The van der Waals surface area contributed by atoms with Crippen LogP contribution < -0.4 is 4.90 Å². The van der Waals surface area contributed by atoms with Crippen molar-refractivity contribution in [1.82, 2.24) is 4.98 Å². The van der Waals surface area contributed by atoms with Gasteiger partial charge in [-0.2, -0.15) is 0 Å². The Morgan fingerprint density at radius 3 is 2.85 bits per heavy atom. The summed E-state index contributed by atoms with van der Waals surface area (Å²) in [6.45, 7) is 1.27. The van der Waals surface area contributed by atoms with Crippen LogP contribution in [0.25, 0.3) is 0 Å². The first kappa shape index (κ1) is 14.3. The number of anilines is 1. The number of nitrogens with zero attached hydrogens (tertiary/aromatic N) is 2. The normalized spacial score (nSPS) is 18.5. The Hall–Kier alpha value is -2.11. The molecule has 1 aromatic heterocycles. The molecule has 0 N–H and O–H groups in total. The summed E-state index contributed by atoms with van der Waals surface area (Å²) in [7, 11) is 2.73. The molecule has 6 heteroatoms. The lowest BCUT2D eigenvalue weighted by Crippen LogP contribution is -2.40. The summed E-state index contributed by atoms with van der Waals surface area (Å²) in [5, 5.41) is 0. The van der Waals surface area contributed by atoms with Crippen molar-refractivity contribution in [1.29, 1.82) is 0 Å². The van der Waals surface area contributed by atoms with Gasteiger partial charge in [-0.3, -0.25) is 4.79 Å². The molecule has 1 unspecified atom stereocenters. The van der Waals surface area contributed by atoms with E-state index < -0.39 is 5.97 Å². The number of carbonyl (C=O) groups is 2. The quantitative estimate of drug-likeness (QED) is 0.775. The summed E-state index contributed by atoms with van der Waals surface area (Å²) < 4.78 is 9.56. The molecule has 0 radical (unpaired) electrons. The van der Waals surface area contributed by atoms with E-state index in [1.165, 1.54) is 14.2 Å². The third-order valence-corrected chi connectivity index (χ3v) is 3.45. The van der Waals surface area contributed by atoms with Crippen molar-refractivity contribution in [3.8, 4) is 0 Å². The minimum Gasteiger partial charge on any atom is -0.469 e. The summed E-state index contributed by atoms with van der Waals surface area (Å²) in [5.41, 5.74) is 0.417. The first-order valence-corrected chi connectivity index (χ1v) is 6.53. The van der Waals surface area contributed by atoms with Gasteiger partial charge < -0.3 is 14.4 Å². The van der Waals surface area contributed by atoms with Crippen LogP contribution in [0.3, 0.4) is 0 Å². The maximum absolute atomic E-state index is 11.8. The van der Waals surface area contributed by atoms with Gasteiger partial charge in [0.15, 0.2) is 0 Å². The van der Waals surface area contributed by atoms with Crippen LogP contribution in [0.4, 0.5) is 5.82 Å². The van der Waals surface area contributed by atoms with Crippen LogP contribution >= 0.6 is 0 Å². The molecule has 1 aliphatic heterocycles. The van der Waals surface area contributed by atoms with Crippen molar-refractivity contribution in [2.45, 2.75) is 12.8 Å². The van der Waals surface area contributed by atoms with Gasteiger partial charge in [0.1, 0.15) is 11.4 Å². The summed E-state index contributed by atoms with van der Waals surface area (Å²) in [6, 6.07) is 3.37. The number of methoxy groups -OCH3 is 2. The van der Waals surface area contributed by atoms with Gasteiger partial charge in [0.05, 0.1) is 20.1 Å². The molecule has 20 heavy (non-hydrogen) atoms. The van der Waals surface area contributed by atoms with Crippen molar-refractivity contribution in [3.63, 3.8) is 0 Å². The lowest BCUT2D eigenvalue weighted by molar-refractivity contribution is -0.145. The summed E-state index contributed by atoms with van der Waals surface area (Å²) in [6.07, 6.45) is 3.28. The van der Waals surface area contributed by atoms with E-state index in [4.69, 9.17) is 9.47 Å². The van der Waals surface area contributed by atoms with Gasteiger partial charge in [-0.15, -0.1) is 0 Å². The molecular formula is C14H18N2O4. The van der Waals surface area contributed by atoms with Crippen LogP contribution in [-0.4, -0.2) is 44.2 Å². The second kappa shape index (κ2) is 6.36. The highest BCUT2D eigenvalue weighted by Crippen LogP contribution is 2.25. The average Bonchev–Trinajstić information content (AvgIpc) is 2.53. The van der Waals surface area contributed by atoms with Gasteiger partial charge in [-0.25, -0.2) is 9.78 Å². The zero-order valence-corrected chi connectivity index (χ0v) is 11.7. The summed E-state index contributed by atoms with van der Waals surface area (Å²) in [5.74, 6) is -0.257. The van der Waals surface area contributed by atoms with E-state index in [0.717, 1.165) is 19.4 Å². The lowest BCUT2D eigenvalue weighted by atomic mass is 9.98. The van der Waals surface area contributed by atoms with E-state index in [1.54, 1.807) is 18.3 Å². The molecule has 0 spiro atoms. The number of esters is 2. The number of hydrogen-bond acceptors (Lipinski definition) is 6. The first-order chi connectivity index (χ1) is 9.67. The molecule has 1 aliphatic rings. The highest BCUT2D eigenvalue weighted by Gasteiger charge is 2.29. The SMILES string of the molecule is COC(=O)c1cccnc1N1CCCC(C(=O)OC)C1. The number of rotatable bonds is 3. The van der Waals surface area contributed by atoms with Crippen molar-refractivity contribution in [3.05, 3.63) is 23.9 Å². The van der Waals surface area contributed by atoms with E-state index in [9.17, 15) is 9.59 Å². The van der Waals surface area contributed by atoms with E-state index in [-0.39, 0.29) is 11.9 Å². The Morgan fingerprint density at radius 2 is 2.15 bits per heavy atom. The topological polar surface area (TPSA) is 68.7 Å². The van der Waals surface area contributed by atoms with Gasteiger partial charge in [-0.1, -0.05) is 0 Å². The first-order valence-electron chi connectivity index (χ1n) is 6.53. The van der Waals surface area contributed by atoms with Gasteiger partial charge >= 0.3 is 11.9 Å². The molecule has 1 saturated heterocycles. The molecule has 1 aromatic rings. The molecule has 6 nitrogen and oxygen atoms in total. The van der Waals surface area contributed by atoms with Gasteiger partial charge in [-0.05, 0) is 25.0 Å². The summed E-state index contributed by atoms with van der Waals surface area (Å²) >= 11 is 0. The van der Waals surface area contributed by atoms with Gasteiger partial charge in [0.2, 0.25) is 0 Å². The minimum absolute atomic E-state index is 0.179. The molecule has 0 aromatic carbocycles. The third kappa shape index (κ3) is 2.89. The minimum atomic E-state index is -0.423. The molecule has 2 rings (SSSR count). The monoisotopic (exact) mass is 278 g/mol. The predicted octanol–water partition coefficient (Wildman–Crippen LogP) is 1.26. The molecular weight excluding hydrogens is 260 g/mol. The second-order valence-corrected chi connectivity index (χ2v) is 4.67. The van der Waals surface area contributed by atoms with E-state index >= 15 is 0 Å². The van der Waals surface area contributed by atoms with E-state index in [0.29, 0.717) is 17.9 Å². The molecule has 0 bridgehead atoms. The van der Waals surface area contributed by atoms with E-state index in [1.807, 2.05) is 4.90 Å². The Balaban J connectivity index is 2.23. The van der Waals surface area contributed by atoms with Crippen LogP contribution in [0, 0.1) is 5.92 Å². The highest BCUT2D eigenvalue weighted by atomic mass is 16.5. The van der Waals surface area contributed by atoms with Crippen molar-refractivity contribution >= 4 is 17.8 Å². The van der Waals surface area contributed by atoms with Gasteiger partial charge in [0.25, 0.3) is 0 Å². The second-order valence-electron chi connectivity index (χ2n) is 4.67. The number of pyridine rings is 1. The van der Waals surface area contributed by atoms with Crippen LogP contribution in [0.1, 0.15) is 23.2 Å². The molecule has 2 heterocycles. The number of aromatic nitrogens is 1. The lowest BCUT2D eigenvalue weighted by Gasteiger charge is -2.32. The number of carbonyl (C=O) groups excluding carboxylic acids is 2. The maximum Gasteiger partial charge on any atom is 0.341 e. The van der Waals surface area contributed by atoms with Crippen LogP contribution in [0.5, 0.6) is 0 Å². The van der Waals surface area contributed by atoms with Crippen molar-refractivity contribution < 1.29 is 19.1 Å². The van der Waals surface area contributed by atoms with Gasteiger partial charge in [0, 0.05) is 19.3 Å². The molecule has 0 amide bonds. The molecule has 1 fully saturated rings. The van der Waals surface area contributed by atoms with E-state index in [2.05, 4.69) is 4.98 Å². The predicted molar refractivity (Wildman–Crippen MR) is 72.5 cm³/mol. The third-order valence-electron chi connectivity index (χ3n) is 3.45. The van der Waals surface area contributed by atoms with Crippen LogP contribution in [-0.2, 0) is 14.3 Å². The average molecular weight is 278 g/mol. The maximum atomic E-state index is 11.8. The number of piperidine rings is 1. The fourth-order valence-electron chi connectivity index (χ4n) is 2.45. The Morgan fingerprint density at radius 1 is 1.35 bits per heavy atom. The smallest absolute Gasteiger partial charge is 0.341 e. The Bertz CT molecular complexity index is 504. The number of ether oxygens (including phenoxy) is 2. The molecule has 1 atom stereocenters.